The summed E-state index contributed by atoms with van der Waals surface area (Å²) in [4.78, 5) is 26.0. The van der Waals surface area contributed by atoms with Gasteiger partial charge in [0.05, 0.1) is 12.2 Å². The summed E-state index contributed by atoms with van der Waals surface area (Å²) in [6.45, 7) is 2.90. The summed E-state index contributed by atoms with van der Waals surface area (Å²) in [5.74, 6) is 0. The number of aromatic nitrogens is 2. The molecule has 1 aliphatic rings. The number of aromatic amines is 1. The van der Waals surface area contributed by atoms with E-state index in [1.165, 1.54) is 10.8 Å². The zero-order valence-corrected chi connectivity index (χ0v) is 15.2. The van der Waals surface area contributed by atoms with Crippen LogP contribution in [0.25, 0.3) is 0 Å². The summed E-state index contributed by atoms with van der Waals surface area (Å²) in [5, 5.41) is 14.2. The van der Waals surface area contributed by atoms with Crippen molar-refractivity contribution < 1.29 is 9.84 Å². The second kappa shape index (κ2) is 8.18. The number of aliphatic hydroxyl groups excluding tert-OH is 1. The van der Waals surface area contributed by atoms with Crippen LogP contribution in [0.4, 0.5) is 0 Å². The maximum Gasteiger partial charge on any atom is 0.330 e. The third-order valence-electron chi connectivity index (χ3n) is 4.52. The second-order valence-electron chi connectivity index (χ2n) is 6.36. The third kappa shape index (κ3) is 4.24. The highest BCUT2D eigenvalue weighted by Crippen LogP contribution is 2.27. The van der Waals surface area contributed by atoms with E-state index in [0.717, 1.165) is 5.56 Å². The van der Waals surface area contributed by atoms with Crippen LogP contribution in [0.2, 0.25) is 5.02 Å². The van der Waals surface area contributed by atoms with E-state index in [0.29, 0.717) is 36.5 Å². The van der Waals surface area contributed by atoms with E-state index in [-0.39, 0.29) is 5.56 Å². The van der Waals surface area contributed by atoms with Gasteiger partial charge in [-0.25, -0.2) is 4.79 Å². The first-order valence-corrected chi connectivity index (χ1v) is 8.98. The highest BCUT2D eigenvalue weighted by atomic mass is 35.5. The van der Waals surface area contributed by atoms with Gasteiger partial charge < -0.3 is 15.2 Å². The van der Waals surface area contributed by atoms with Gasteiger partial charge >= 0.3 is 5.69 Å². The minimum Gasteiger partial charge on any atom is -0.390 e. The van der Waals surface area contributed by atoms with Crippen molar-refractivity contribution in [3.8, 4) is 0 Å². The van der Waals surface area contributed by atoms with Gasteiger partial charge in [0.15, 0.2) is 0 Å². The van der Waals surface area contributed by atoms with Crippen molar-refractivity contribution >= 4 is 11.6 Å². The van der Waals surface area contributed by atoms with E-state index in [2.05, 4.69) is 10.3 Å². The van der Waals surface area contributed by atoms with Crippen LogP contribution < -0.4 is 16.6 Å². The molecule has 1 aromatic carbocycles. The molecule has 0 saturated carbocycles. The summed E-state index contributed by atoms with van der Waals surface area (Å²) in [7, 11) is 0. The van der Waals surface area contributed by atoms with Crippen LogP contribution in [-0.4, -0.2) is 33.4 Å². The molecule has 140 valence electrons. The number of hydrogen-bond acceptors (Lipinski definition) is 5. The van der Waals surface area contributed by atoms with Gasteiger partial charge in [-0.1, -0.05) is 30.7 Å². The fraction of sp³-hybridized carbons (Fsp3) is 0.444. The molecule has 2 aromatic rings. The van der Waals surface area contributed by atoms with E-state index in [1.807, 2.05) is 31.2 Å². The molecular formula is C18H22ClN3O4. The Balaban J connectivity index is 1.62. The molecule has 0 radical (unpaired) electrons. The summed E-state index contributed by atoms with van der Waals surface area (Å²) in [6.07, 6.45) is 0.598. The van der Waals surface area contributed by atoms with Gasteiger partial charge in [0.2, 0.25) is 0 Å². The van der Waals surface area contributed by atoms with E-state index in [4.69, 9.17) is 16.3 Å². The van der Waals surface area contributed by atoms with Crippen LogP contribution in [0.3, 0.4) is 0 Å². The monoisotopic (exact) mass is 379 g/mol. The zero-order valence-electron chi connectivity index (χ0n) is 14.4. The fourth-order valence-corrected chi connectivity index (χ4v) is 3.15. The predicted octanol–water partition coefficient (Wildman–Crippen LogP) is 1.19. The van der Waals surface area contributed by atoms with E-state index < -0.39 is 24.1 Å². The van der Waals surface area contributed by atoms with E-state index in [1.54, 1.807) is 0 Å². The largest absolute Gasteiger partial charge is 0.390 e. The zero-order chi connectivity index (χ0) is 18.7. The molecule has 1 fully saturated rings. The molecule has 26 heavy (non-hydrogen) atoms. The lowest BCUT2D eigenvalue weighted by atomic mass is 10.1. The minimum atomic E-state index is -0.693. The average molecular weight is 380 g/mol. The molecule has 8 heteroatoms. The fourth-order valence-electron chi connectivity index (χ4n) is 3.02. The first kappa shape index (κ1) is 18.8. The maximum absolute atomic E-state index is 12.1. The molecule has 2 heterocycles. The second-order valence-corrected chi connectivity index (χ2v) is 6.80. The van der Waals surface area contributed by atoms with Crippen molar-refractivity contribution in [1.82, 2.24) is 14.9 Å². The van der Waals surface area contributed by atoms with Crippen LogP contribution in [0.15, 0.2) is 40.1 Å². The summed E-state index contributed by atoms with van der Waals surface area (Å²) in [5.41, 5.74) is 0.669. The van der Waals surface area contributed by atoms with Crippen molar-refractivity contribution in [3.63, 3.8) is 0 Å². The van der Waals surface area contributed by atoms with Crippen LogP contribution in [-0.2, 0) is 17.7 Å². The molecule has 3 rings (SSSR count). The van der Waals surface area contributed by atoms with Crippen molar-refractivity contribution in [2.75, 3.05) is 6.54 Å². The number of halogens is 1. The number of aliphatic hydroxyl groups is 1. The molecule has 3 atom stereocenters. The van der Waals surface area contributed by atoms with Gasteiger partial charge in [0.25, 0.3) is 5.56 Å². The summed E-state index contributed by atoms with van der Waals surface area (Å²) >= 11 is 5.86. The Morgan fingerprint density at radius 3 is 2.77 bits per heavy atom. The molecule has 1 aromatic heterocycles. The van der Waals surface area contributed by atoms with Crippen LogP contribution >= 0.6 is 11.6 Å². The Hall–Kier alpha value is -1.93. The Morgan fingerprint density at radius 1 is 1.35 bits per heavy atom. The SMILES string of the molecule is CCc1cn([C@H]2C[C@H](O)[C@@H](CNCc3ccc(Cl)cc3)O2)c(=O)[nH]c1=O. The van der Waals surface area contributed by atoms with Crippen molar-refractivity contribution in [1.29, 1.82) is 0 Å². The first-order chi connectivity index (χ1) is 12.5. The Bertz CT molecular complexity index is 862. The predicted molar refractivity (Wildman–Crippen MR) is 98.4 cm³/mol. The lowest BCUT2D eigenvalue weighted by Gasteiger charge is -2.17. The van der Waals surface area contributed by atoms with E-state index in [9.17, 15) is 14.7 Å². The Labute approximate surface area is 155 Å². The van der Waals surface area contributed by atoms with Crippen molar-refractivity contribution in [2.24, 2.45) is 0 Å². The molecule has 1 saturated heterocycles. The number of H-pyrrole nitrogens is 1. The summed E-state index contributed by atoms with van der Waals surface area (Å²) < 4.78 is 7.19. The number of benzene rings is 1. The number of rotatable bonds is 6. The van der Waals surface area contributed by atoms with Gasteiger partial charge in [0, 0.05) is 36.3 Å². The van der Waals surface area contributed by atoms with Crippen molar-refractivity contribution in [2.45, 2.75) is 44.7 Å². The van der Waals surface area contributed by atoms with Crippen molar-refractivity contribution in [3.05, 3.63) is 67.4 Å². The van der Waals surface area contributed by atoms with Gasteiger partial charge in [-0.05, 0) is 24.1 Å². The average Bonchev–Trinajstić information content (AvgIpc) is 2.97. The first-order valence-electron chi connectivity index (χ1n) is 8.61. The quantitative estimate of drug-likeness (QED) is 0.700. The molecule has 1 aliphatic heterocycles. The van der Waals surface area contributed by atoms with Crippen LogP contribution in [0.5, 0.6) is 0 Å². The molecule has 0 bridgehead atoms. The highest BCUT2D eigenvalue weighted by Gasteiger charge is 2.35. The topological polar surface area (TPSA) is 96.3 Å². The number of ether oxygens (including phenoxy) is 1. The number of hydrogen-bond donors (Lipinski definition) is 3. The molecule has 0 amide bonds. The smallest absolute Gasteiger partial charge is 0.330 e. The molecule has 0 aliphatic carbocycles. The third-order valence-corrected chi connectivity index (χ3v) is 4.78. The summed E-state index contributed by atoms with van der Waals surface area (Å²) in [6, 6.07) is 7.50. The Morgan fingerprint density at radius 2 is 2.08 bits per heavy atom. The molecule has 3 N–H and O–H groups in total. The lowest BCUT2D eigenvalue weighted by molar-refractivity contribution is -0.0194. The van der Waals surface area contributed by atoms with Crippen LogP contribution in [0, 0.1) is 0 Å². The molecule has 7 nitrogen and oxygen atoms in total. The maximum atomic E-state index is 12.1. The normalized spacial score (nSPS) is 22.7. The number of nitrogens with one attached hydrogen (secondary N) is 2. The van der Waals surface area contributed by atoms with Gasteiger partial charge in [-0.3, -0.25) is 14.3 Å². The van der Waals surface area contributed by atoms with Gasteiger partial charge in [-0.2, -0.15) is 0 Å². The highest BCUT2D eigenvalue weighted by molar-refractivity contribution is 6.30. The lowest BCUT2D eigenvalue weighted by Crippen LogP contribution is -2.35. The minimum absolute atomic E-state index is 0.294. The van der Waals surface area contributed by atoms with Gasteiger partial charge in [-0.15, -0.1) is 0 Å². The molecule has 0 spiro atoms. The number of aryl methyl sites for hydroxylation is 1. The molecule has 0 unspecified atom stereocenters. The van der Waals surface area contributed by atoms with Crippen LogP contribution in [0.1, 0.15) is 30.7 Å². The number of nitrogens with zero attached hydrogens (tertiary/aromatic N) is 1. The Kier molecular flexibility index (Phi) is 5.93. The standard InChI is InChI=1S/C18H22ClN3O4/c1-2-12-10-22(18(25)21-17(12)24)16-7-14(23)15(26-16)9-20-8-11-3-5-13(19)6-4-11/h3-6,10,14-16,20,23H,2,7-9H2,1H3,(H,21,24,25)/t14-,15+,16+/m0/s1. The van der Waals surface area contributed by atoms with Gasteiger partial charge in [0.1, 0.15) is 6.23 Å². The van der Waals surface area contributed by atoms with E-state index >= 15 is 0 Å². The molecular weight excluding hydrogens is 358 g/mol.